The van der Waals surface area contributed by atoms with Crippen LogP contribution in [0, 0.1) is 6.92 Å². The molecule has 0 aliphatic carbocycles. The lowest BCUT2D eigenvalue weighted by molar-refractivity contribution is 0.714. The summed E-state index contributed by atoms with van der Waals surface area (Å²) in [5.41, 5.74) is 2.16. The summed E-state index contributed by atoms with van der Waals surface area (Å²) in [4.78, 5) is 4.68. The summed E-state index contributed by atoms with van der Waals surface area (Å²) in [6.45, 7) is 3.62. The predicted octanol–water partition coefficient (Wildman–Crippen LogP) is 3.21. The third kappa shape index (κ3) is 5.31. The molecule has 0 unspecified atom stereocenters. The molecule has 0 aliphatic rings. The molecule has 1 heterocycles. The molecule has 2 N–H and O–H groups in total. The van der Waals surface area contributed by atoms with Gasteiger partial charge < -0.3 is 15.2 Å². The standard InChI is InChI=1S/C20H23ClN6/c1-15-25-26-19(27(15)2)14-24-20(22-12-16-8-4-3-5-9-16)23-13-17-10-6-7-11-18(17)21/h3-11H,12-14H2,1-2H3,(H2,22,23,24). The maximum absolute atomic E-state index is 6.26. The zero-order valence-corrected chi connectivity index (χ0v) is 16.2. The van der Waals surface area contributed by atoms with E-state index < -0.39 is 0 Å². The van der Waals surface area contributed by atoms with E-state index in [0.29, 0.717) is 25.6 Å². The minimum atomic E-state index is 0.528. The van der Waals surface area contributed by atoms with E-state index >= 15 is 0 Å². The summed E-state index contributed by atoms with van der Waals surface area (Å²) in [5, 5.41) is 15.7. The normalized spacial score (nSPS) is 11.4. The maximum atomic E-state index is 6.26. The second-order valence-electron chi connectivity index (χ2n) is 6.17. The van der Waals surface area contributed by atoms with Gasteiger partial charge in [0.2, 0.25) is 0 Å². The molecule has 0 radical (unpaired) electrons. The lowest BCUT2D eigenvalue weighted by Gasteiger charge is -2.13. The molecule has 0 saturated heterocycles. The van der Waals surface area contributed by atoms with Crippen molar-refractivity contribution in [2.24, 2.45) is 12.0 Å². The molecule has 3 rings (SSSR count). The van der Waals surface area contributed by atoms with Crippen LogP contribution in [0.15, 0.2) is 59.6 Å². The number of nitrogens with one attached hydrogen (secondary N) is 2. The van der Waals surface area contributed by atoms with Crippen molar-refractivity contribution in [2.45, 2.75) is 26.6 Å². The molecule has 0 fully saturated rings. The molecule has 0 saturated carbocycles. The smallest absolute Gasteiger partial charge is 0.192 e. The van der Waals surface area contributed by atoms with Crippen molar-refractivity contribution in [1.29, 1.82) is 0 Å². The van der Waals surface area contributed by atoms with E-state index in [1.165, 1.54) is 0 Å². The fourth-order valence-corrected chi connectivity index (χ4v) is 2.72. The zero-order valence-electron chi connectivity index (χ0n) is 15.5. The minimum absolute atomic E-state index is 0.528. The Labute approximate surface area is 164 Å². The van der Waals surface area contributed by atoms with Crippen molar-refractivity contribution in [1.82, 2.24) is 25.4 Å². The largest absolute Gasteiger partial charge is 0.352 e. The van der Waals surface area contributed by atoms with Gasteiger partial charge in [-0.2, -0.15) is 0 Å². The zero-order chi connectivity index (χ0) is 19.1. The number of aromatic nitrogens is 3. The quantitative estimate of drug-likeness (QED) is 0.507. The van der Waals surface area contributed by atoms with E-state index in [1.54, 1.807) is 0 Å². The number of benzene rings is 2. The molecule has 2 aromatic carbocycles. The topological polar surface area (TPSA) is 67.1 Å². The summed E-state index contributed by atoms with van der Waals surface area (Å²) >= 11 is 6.26. The van der Waals surface area contributed by atoms with Crippen LogP contribution in [0.3, 0.4) is 0 Å². The molecule has 0 amide bonds. The number of guanidine groups is 1. The molecular weight excluding hydrogens is 360 g/mol. The summed E-state index contributed by atoms with van der Waals surface area (Å²) in [6, 6.07) is 17.9. The Balaban J connectivity index is 1.69. The van der Waals surface area contributed by atoms with Gasteiger partial charge in [-0.25, -0.2) is 4.99 Å². The Morgan fingerprint density at radius 2 is 1.70 bits per heavy atom. The monoisotopic (exact) mass is 382 g/mol. The van der Waals surface area contributed by atoms with Crippen LogP contribution in [0.25, 0.3) is 0 Å². The number of hydrogen-bond acceptors (Lipinski definition) is 3. The lowest BCUT2D eigenvalue weighted by Crippen LogP contribution is -2.37. The molecule has 7 heteroatoms. The number of nitrogens with zero attached hydrogens (tertiary/aromatic N) is 4. The third-order valence-electron chi connectivity index (χ3n) is 4.26. The first-order valence-electron chi connectivity index (χ1n) is 8.78. The van der Waals surface area contributed by atoms with E-state index in [2.05, 4.69) is 38.0 Å². The number of rotatable bonds is 6. The van der Waals surface area contributed by atoms with Crippen molar-refractivity contribution >= 4 is 17.6 Å². The Bertz CT molecular complexity index is 904. The molecule has 3 aromatic rings. The van der Waals surface area contributed by atoms with Crippen LogP contribution in [0.5, 0.6) is 0 Å². The van der Waals surface area contributed by atoms with Gasteiger partial charge in [0.1, 0.15) is 5.82 Å². The first-order valence-corrected chi connectivity index (χ1v) is 9.15. The first kappa shape index (κ1) is 18.9. The SMILES string of the molecule is Cc1nnc(CNC(=NCc2ccccc2)NCc2ccccc2Cl)n1C. The van der Waals surface area contributed by atoms with Gasteiger partial charge in [-0.1, -0.05) is 60.1 Å². The van der Waals surface area contributed by atoms with Gasteiger partial charge >= 0.3 is 0 Å². The number of aryl methyl sites for hydroxylation is 1. The molecule has 1 aromatic heterocycles. The highest BCUT2D eigenvalue weighted by Crippen LogP contribution is 2.14. The fourth-order valence-electron chi connectivity index (χ4n) is 2.52. The van der Waals surface area contributed by atoms with Crippen LogP contribution in [0.2, 0.25) is 5.02 Å². The van der Waals surface area contributed by atoms with Crippen LogP contribution in [0.4, 0.5) is 0 Å². The molecule has 0 bridgehead atoms. The van der Waals surface area contributed by atoms with Crippen LogP contribution in [-0.4, -0.2) is 20.7 Å². The molecule has 0 spiro atoms. The number of hydrogen-bond donors (Lipinski definition) is 2. The number of halogens is 1. The molecule has 140 valence electrons. The van der Waals surface area contributed by atoms with E-state index in [0.717, 1.165) is 27.8 Å². The van der Waals surface area contributed by atoms with E-state index in [4.69, 9.17) is 11.6 Å². The van der Waals surface area contributed by atoms with Crippen molar-refractivity contribution in [2.75, 3.05) is 0 Å². The van der Waals surface area contributed by atoms with E-state index in [-0.39, 0.29) is 0 Å². The maximum Gasteiger partial charge on any atom is 0.192 e. The van der Waals surface area contributed by atoms with Gasteiger partial charge in [-0.15, -0.1) is 10.2 Å². The Morgan fingerprint density at radius 1 is 1.00 bits per heavy atom. The Kier molecular flexibility index (Phi) is 6.44. The molecule has 6 nitrogen and oxygen atoms in total. The summed E-state index contributed by atoms with van der Waals surface area (Å²) in [7, 11) is 1.95. The van der Waals surface area contributed by atoms with Crippen LogP contribution >= 0.6 is 11.6 Å². The predicted molar refractivity (Wildman–Crippen MR) is 108 cm³/mol. The highest BCUT2D eigenvalue weighted by atomic mass is 35.5. The summed E-state index contributed by atoms with van der Waals surface area (Å²) in [6.07, 6.45) is 0. The second-order valence-corrected chi connectivity index (χ2v) is 6.58. The fraction of sp³-hybridized carbons (Fsp3) is 0.250. The van der Waals surface area contributed by atoms with Gasteiger partial charge in [-0.3, -0.25) is 0 Å². The van der Waals surface area contributed by atoms with Crippen molar-refractivity contribution in [3.8, 4) is 0 Å². The van der Waals surface area contributed by atoms with Gasteiger partial charge in [-0.05, 0) is 24.1 Å². The van der Waals surface area contributed by atoms with E-state index in [1.807, 2.05) is 61.0 Å². The van der Waals surface area contributed by atoms with Crippen molar-refractivity contribution in [3.63, 3.8) is 0 Å². The minimum Gasteiger partial charge on any atom is -0.352 e. The number of aliphatic imine (C=N–C) groups is 1. The molecular formula is C20H23ClN6. The highest BCUT2D eigenvalue weighted by molar-refractivity contribution is 6.31. The van der Waals surface area contributed by atoms with Crippen molar-refractivity contribution in [3.05, 3.63) is 82.4 Å². The van der Waals surface area contributed by atoms with Gasteiger partial charge in [0, 0.05) is 18.6 Å². The van der Waals surface area contributed by atoms with Crippen LogP contribution in [0.1, 0.15) is 22.8 Å². The molecule has 0 aliphatic heterocycles. The van der Waals surface area contributed by atoms with Crippen molar-refractivity contribution < 1.29 is 0 Å². The summed E-state index contributed by atoms with van der Waals surface area (Å²) < 4.78 is 1.95. The van der Waals surface area contributed by atoms with Gasteiger partial charge in [0.15, 0.2) is 11.8 Å². The Morgan fingerprint density at radius 3 is 2.41 bits per heavy atom. The van der Waals surface area contributed by atoms with Gasteiger partial charge in [0.05, 0.1) is 13.1 Å². The Hall–Kier alpha value is -2.86. The highest BCUT2D eigenvalue weighted by Gasteiger charge is 2.07. The van der Waals surface area contributed by atoms with Gasteiger partial charge in [0.25, 0.3) is 0 Å². The second kappa shape index (κ2) is 9.19. The van der Waals surface area contributed by atoms with E-state index in [9.17, 15) is 0 Å². The van der Waals surface area contributed by atoms with Crippen LogP contribution < -0.4 is 10.6 Å². The third-order valence-corrected chi connectivity index (χ3v) is 4.63. The van der Waals surface area contributed by atoms with Crippen LogP contribution in [-0.2, 0) is 26.7 Å². The lowest BCUT2D eigenvalue weighted by atomic mass is 10.2. The average molecular weight is 383 g/mol. The first-order chi connectivity index (χ1) is 13.1. The molecule has 27 heavy (non-hydrogen) atoms. The average Bonchev–Trinajstić information content (AvgIpc) is 3.01. The summed E-state index contributed by atoms with van der Waals surface area (Å²) in [5.74, 6) is 2.41. The molecule has 0 atom stereocenters.